The van der Waals surface area contributed by atoms with Gasteiger partial charge in [0.25, 0.3) is 0 Å². The van der Waals surface area contributed by atoms with Gasteiger partial charge < -0.3 is 10.4 Å². The minimum absolute atomic E-state index is 0.0824. The lowest BCUT2D eigenvalue weighted by atomic mass is 10.2. The third-order valence-corrected chi connectivity index (χ3v) is 4.16. The van der Waals surface area contributed by atoms with Crippen molar-refractivity contribution in [2.75, 3.05) is 5.32 Å². The predicted molar refractivity (Wildman–Crippen MR) is 86.5 cm³/mol. The average molecular weight is 318 g/mol. The molecule has 0 aliphatic carbocycles. The van der Waals surface area contributed by atoms with E-state index >= 15 is 0 Å². The molecule has 21 heavy (non-hydrogen) atoms. The van der Waals surface area contributed by atoms with Gasteiger partial charge in [-0.1, -0.05) is 11.6 Å². The summed E-state index contributed by atoms with van der Waals surface area (Å²) in [5, 5.41) is 14.3. The van der Waals surface area contributed by atoms with Crippen molar-refractivity contribution in [1.82, 2.24) is 9.97 Å². The minimum atomic E-state index is 0.0824. The molecule has 6 heteroatoms. The summed E-state index contributed by atoms with van der Waals surface area (Å²) in [6.07, 6.45) is 1.71. The summed E-state index contributed by atoms with van der Waals surface area (Å²) in [6.45, 7) is 1.84. The fraction of sp³-hybridized carbons (Fsp3) is 0.0667. The highest BCUT2D eigenvalue weighted by atomic mass is 35.5. The van der Waals surface area contributed by atoms with Crippen molar-refractivity contribution in [2.45, 2.75) is 6.92 Å². The van der Waals surface area contributed by atoms with E-state index in [4.69, 9.17) is 11.6 Å². The number of benzene rings is 1. The summed E-state index contributed by atoms with van der Waals surface area (Å²) < 4.78 is 0. The van der Waals surface area contributed by atoms with Gasteiger partial charge in [0.05, 0.1) is 4.88 Å². The van der Waals surface area contributed by atoms with Gasteiger partial charge in [0.15, 0.2) is 0 Å². The number of halogens is 1. The van der Waals surface area contributed by atoms with Crippen LogP contribution in [0.5, 0.6) is 5.88 Å². The highest BCUT2D eigenvalue weighted by Gasteiger charge is 2.09. The first kappa shape index (κ1) is 13.9. The zero-order valence-electron chi connectivity index (χ0n) is 11.2. The van der Waals surface area contributed by atoms with Gasteiger partial charge in [-0.15, -0.1) is 11.3 Å². The average Bonchev–Trinajstić information content (AvgIpc) is 2.82. The fourth-order valence-corrected chi connectivity index (χ4v) is 2.75. The van der Waals surface area contributed by atoms with E-state index in [1.807, 2.05) is 43.3 Å². The number of aromatic hydroxyl groups is 1. The Bertz CT molecular complexity index is 751. The molecule has 0 fully saturated rings. The van der Waals surface area contributed by atoms with Crippen LogP contribution in [-0.4, -0.2) is 15.1 Å². The Balaban J connectivity index is 1.87. The molecule has 2 aromatic heterocycles. The molecule has 0 saturated heterocycles. The third-order valence-electron chi connectivity index (χ3n) is 2.90. The molecule has 3 aromatic rings. The van der Waals surface area contributed by atoms with E-state index in [1.165, 1.54) is 11.3 Å². The molecule has 0 saturated carbocycles. The molecule has 2 heterocycles. The second kappa shape index (κ2) is 5.71. The summed E-state index contributed by atoms with van der Waals surface area (Å²) in [6, 6.07) is 11.2. The Morgan fingerprint density at radius 1 is 1.19 bits per heavy atom. The van der Waals surface area contributed by atoms with Gasteiger partial charge in [0.1, 0.15) is 10.8 Å². The molecule has 0 aliphatic rings. The first-order valence-electron chi connectivity index (χ1n) is 6.27. The van der Waals surface area contributed by atoms with E-state index in [0.29, 0.717) is 10.8 Å². The molecule has 0 radical (unpaired) electrons. The Morgan fingerprint density at radius 3 is 2.62 bits per heavy atom. The van der Waals surface area contributed by atoms with Crippen LogP contribution >= 0.6 is 22.9 Å². The van der Waals surface area contributed by atoms with E-state index in [-0.39, 0.29) is 5.88 Å². The van der Waals surface area contributed by atoms with Crippen LogP contribution < -0.4 is 5.32 Å². The Hall–Kier alpha value is -2.11. The number of aromatic nitrogens is 2. The number of nitrogens with one attached hydrogen (secondary N) is 1. The van der Waals surface area contributed by atoms with Crippen molar-refractivity contribution in [2.24, 2.45) is 0 Å². The summed E-state index contributed by atoms with van der Waals surface area (Å²) >= 11 is 7.31. The number of nitrogens with zero attached hydrogens (tertiary/aromatic N) is 2. The van der Waals surface area contributed by atoms with E-state index in [0.717, 1.165) is 21.1 Å². The number of aryl methyl sites for hydroxylation is 1. The monoisotopic (exact) mass is 317 g/mol. The van der Waals surface area contributed by atoms with Gasteiger partial charge in [-0.3, -0.25) is 0 Å². The van der Waals surface area contributed by atoms with Crippen LogP contribution in [0.4, 0.5) is 11.5 Å². The second-order valence-corrected chi connectivity index (χ2v) is 6.10. The first-order valence-corrected chi connectivity index (χ1v) is 7.47. The predicted octanol–water partition coefficient (Wildman–Crippen LogP) is 4.62. The second-order valence-electron chi connectivity index (χ2n) is 4.46. The van der Waals surface area contributed by atoms with Crippen LogP contribution in [0.15, 0.2) is 42.6 Å². The largest absolute Gasteiger partial charge is 0.492 e. The van der Waals surface area contributed by atoms with Crippen LogP contribution in [0, 0.1) is 6.92 Å². The SMILES string of the molecule is Cc1sc(-c2ccnc(Nc3ccc(Cl)cc3)c2)nc1O. The quantitative estimate of drug-likeness (QED) is 0.740. The number of anilines is 2. The molecule has 0 aliphatic heterocycles. The first-order chi connectivity index (χ1) is 10.1. The molecule has 0 amide bonds. The number of pyridine rings is 1. The van der Waals surface area contributed by atoms with Crippen molar-refractivity contribution >= 4 is 34.4 Å². The van der Waals surface area contributed by atoms with Gasteiger partial charge in [0, 0.05) is 22.5 Å². The molecule has 0 atom stereocenters. The van der Waals surface area contributed by atoms with Crippen LogP contribution in [0.25, 0.3) is 10.6 Å². The Labute approximate surface area is 131 Å². The maximum atomic E-state index is 9.59. The highest BCUT2D eigenvalue weighted by molar-refractivity contribution is 7.15. The molecule has 4 nitrogen and oxygen atoms in total. The van der Waals surface area contributed by atoms with Crippen LogP contribution in [0.2, 0.25) is 5.02 Å². The van der Waals surface area contributed by atoms with Crippen molar-refractivity contribution in [1.29, 1.82) is 0 Å². The molecule has 2 N–H and O–H groups in total. The zero-order valence-corrected chi connectivity index (χ0v) is 12.7. The lowest BCUT2D eigenvalue weighted by molar-refractivity contribution is 0.454. The number of rotatable bonds is 3. The number of hydrogen-bond acceptors (Lipinski definition) is 5. The molecule has 3 rings (SSSR count). The lowest BCUT2D eigenvalue weighted by Gasteiger charge is -2.06. The standard InChI is InChI=1S/C15H12ClN3OS/c1-9-14(20)19-15(21-9)10-6-7-17-13(8-10)18-12-4-2-11(16)3-5-12/h2-8,20H,1H3,(H,17,18). The molecule has 0 bridgehead atoms. The maximum absolute atomic E-state index is 9.59. The summed E-state index contributed by atoms with van der Waals surface area (Å²) in [7, 11) is 0. The van der Waals surface area contributed by atoms with Gasteiger partial charge in [-0.2, -0.15) is 0 Å². The van der Waals surface area contributed by atoms with Gasteiger partial charge in [-0.25, -0.2) is 9.97 Å². The molecular weight excluding hydrogens is 306 g/mol. The van der Waals surface area contributed by atoms with Crippen LogP contribution in [0.1, 0.15) is 4.88 Å². The van der Waals surface area contributed by atoms with Gasteiger partial charge in [-0.05, 0) is 43.3 Å². The number of hydrogen-bond donors (Lipinski definition) is 2. The highest BCUT2D eigenvalue weighted by Crippen LogP contribution is 2.31. The maximum Gasteiger partial charge on any atom is 0.225 e. The zero-order chi connectivity index (χ0) is 14.8. The minimum Gasteiger partial charge on any atom is -0.492 e. The summed E-state index contributed by atoms with van der Waals surface area (Å²) in [4.78, 5) is 9.22. The van der Waals surface area contributed by atoms with E-state index in [2.05, 4.69) is 15.3 Å². The fourth-order valence-electron chi connectivity index (χ4n) is 1.82. The van der Waals surface area contributed by atoms with Crippen molar-refractivity contribution < 1.29 is 5.11 Å². The van der Waals surface area contributed by atoms with Gasteiger partial charge >= 0.3 is 0 Å². The summed E-state index contributed by atoms with van der Waals surface area (Å²) in [5.74, 6) is 0.793. The van der Waals surface area contributed by atoms with Crippen LogP contribution in [-0.2, 0) is 0 Å². The molecule has 1 aromatic carbocycles. The van der Waals surface area contributed by atoms with Crippen molar-refractivity contribution in [3.8, 4) is 16.5 Å². The van der Waals surface area contributed by atoms with Gasteiger partial charge in [0.2, 0.25) is 5.88 Å². The molecular formula is C15H12ClN3OS. The topological polar surface area (TPSA) is 58.0 Å². The van der Waals surface area contributed by atoms with E-state index in [1.54, 1.807) is 6.20 Å². The smallest absolute Gasteiger partial charge is 0.225 e. The molecule has 0 spiro atoms. The molecule has 106 valence electrons. The van der Waals surface area contributed by atoms with E-state index < -0.39 is 0 Å². The summed E-state index contributed by atoms with van der Waals surface area (Å²) in [5.41, 5.74) is 1.82. The normalized spacial score (nSPS) is 10.6. The van der Waals surface area contributed by atoms with E-state index in [9.17, 15) is 5.11 Å². The molecule has 0 unspecified atom stereocenters. The van der Waals surface area contributed by atoms with Crippen molar-refractivity contribution in [3.63, 3.8) is 0 Å². The van der Waals surface area contributed by atoms with Crippen molar-refractivity contribution in [3.05, 3.63) is 52.5 Å². The Morgan fingerprint density at radius 2 is 1.95 bits per heavy atom. The lowest BCUT2D eigenvalue weighted by Crippen LogP contribution is -1.93. The Kier molecular flexibility index (Phi) is 3.77. The number of thiazole rings is 1. The van der Waals surface area contributed by atoms with Crippen LogP contribution in [0.3, 0.4) is 0 Å². The third kappa shape index (κ3) is 3.15.